The number of nitrogens with one attached hydrogen (secondary N) is 4. The van der Waals surface area contributed by atoms with Crippen LogP contribution in [0.1, 0.15) is 73.2 Å². The molecular formula is C54H44N8. The lowest BCUT2D eigenvalue weighted by molar-refractivity contribution is 0.603. The average Bonchev–Trinajstić information content (AvgIpc) is 4.13. The quantitative estimate of drug-likeness (QED) is 0.109. The van der Waals surface area contributed by atoms with Gasteiger partial charge >= 0.3 is 0 Å². The first-order chi connectivity index (χ1) is 30.2. The number of benzene rings is 6. The van der Waals surface area contributed by atoms with Gasteiger partial charge in [-0.3, -0.25) is 20.0 Å². The van der Waals surface area contributed by atoms with Crippen LogP contribution in [0.4, 0.5) is 22.7 Å². The smallest absolute Gasteiger partial charge is 0.0709 e. The van der Waals surface area contributed by atoms with Gasteiger partial charge in [0, 0.05) is 55.2 Å². The molecule has 6 aromatic carbocycles. The van der Waals surface area contributed by atoms with Crippen molar-refractivity contribution in [3.63, 3.8) is 0 Å². The number of aromatic nitrogens is 4. The molecule has 0 saturated carbocycles. The van der Waals surface area contributed by atoms with Gasteiger partial charge < -0.3 is 19.9 Å². The summed E-state index contributed by atoms with van der Waals surface area (Å²) in [6.07, 6.45) is 7.66. The van der Waals surface area contributed by atoms with Crippen molar-refractivity contribution in [2.75, 3.05) is 0 Å². The molecule has 0 aliphatic carbocycles. The third kappa shape index (κ3) is 6.57. The van der Waals surface area contributed by atoms with Crippen LogP contribution in [-0.4, -0.2) is 44.8 Å². The minimum atomic E-state index is -0.332. The van der Waals surface area contributed by atoms with E-state index in [1.807, 2.05) is 24.9 Å². The molecule has 0 amide bonds. The molecule has 0 unspecified atom stereocenters. The first-order valence-corrected chi connectivity index (χ1v) is 21.0. The molecular weight excluding hydrogens is 761 g/mol. The Labute approximate surface area is 359 Å². The van der Waals surface area contributed by atoms with Crippen LogP contribution in [0.2, 0.25) is 0 Å². The highest BCUT2D eigenvalue weighted by Gasteiger charge is 2.27. The Bertz CT molecular complexity index is 3040. The number of H-pyrrole nitrogens is 4. The maximum atomic E-state index is 5.02. The Morgan fingerprint density at radius 1 is 0.306 bits per heavy atom. The van der Waals surface area contributed by atoms with Crippen LogP contribution in [0.5, 0.6) is 0 Å². The molecule has 300 valence electrons. The molecule has 12 bridgehead atoms. The molecule has 0 saturated heterocycles. The Morgan fingerprint density at radius 3 is 0.823 bits per heavy atom. The van der Waals surface area contributed by atoms with Crippen molar-refractivity contribution >= 4 is 90.7 Å². The van der Waals surface area contributed by atoms with Gasteiger partial charge in [0.25, 0.3) is 0 Å². The van der Waals surface area contributed by atoms with Crippen LogP contribution in [0.15, 0.2) is 166 Å². The zero-order chi connectivity index (χ0) is 42.0. The molecule has 0 radical (unpaired) electrons. The van der Waals surface area contributed by atoms with E-state index < -0.39 is 0 Å². The maximum Gasteiger partial charge on any atom is 0.0709 e. The highest BCUT2D eigenvalue weighted by molar-refractivity contribution is 6.09. The van der Waals surface area contributed by atoms with E-state index in [2.05, 4.69) is 193 Å². The van der Waals surface area contributed by atoms with Crippen LogP contribution in [0.3, 0.4) is 0 Å². The van der Waals surface area contributed by atoms with E-state index in [0.717, 1.165) is 111 Å². The molecule has 4 N–H and O–H groups in total. The highest BCUT2D eigenvalue weighted by Crippen LogP contribution is 2.37. The first kappa shape index (κ1) is 37.2. The van der Waals surface area contributed by atoms with Crippen molar-refractivity contribution in [2.45, 2.75) is 38.5 Å². The van der Waals surface area contributed by atoms with Crippen LogP contribution in [0.25, 0.3) is 43.1 Å². The van der Waals surface area contributed by atoms with Gasteiger partial charge in [0.1, 0.15) is 0 Å². The summed E-state index contributed by atoms with van der Waals surface area (Å²) in [4.78, 5) is 34.7. The Hall–Kier alpha value is -7.84. The topological polar surface area (TPSA) is 113 Å². The van der Waals surface area contributed by atoms with E-state index in [-0.39, 0.29) is 10.8 Å². The van der Waals surface area contributed by atoms with Gasteiger partial charge in [0.05, 0.1) is 70.4 Å². The largest absolute Gasteiger partial charge is 0.357 e. The van der Waals surface area contributed by atoms with Crippen molar-refractivity contribution < 1.29 is 0 Å². The van der Waals surface area contributed by atoms with Crippen molar-refractivity contribution in [2.24, 2.45) is 20.0 Å². The maximum absolute atomic E-state index is 5.02. The SMILES string of the molecule is CC1(C)c2ccc([nH]2)C=Nc2cccc3cc4cccc(c4cc23)N=Cc2ccc([nH]2)C(C)(C)c2ccc([nH]2)C=Nc2cccc3cc4cccc(c4cc23)N=Cc2ccc1[nH]2. The van der Waals surface area contributed by atoms with Crippen LogP contribution in [-0.2, 0) is 10.8 Å². The third-order valence-electron chi connectivity index (χ3n) is 12.6. The van der Waals surface area contributed by atoms with Gasteiger partial charge in [-0.25, -0.2) is 0 Å². The van der Waals surface area contributed by atoms with Gasteiger partial charge in [-0.1, -0.05) is 48.5 Å². The van der Waals surface area contributed by atoms with E-state index in [1.54, 1.807) is 0 Å². The monoisotopic (exact) mass is 804 g/mol. The number of fused-ring (bicyclic) bond motifs is 8. The van der Waals surface area contributed by atoms with Gasteiger partial charge in [0.2, 0.25) is 0 Å². The Kier molecular flexibility index (Phi) is 8.65. The molecule has 0 fully saturated rings. The van der Waals surface area contributed by atoms with E-state index in [1.165, 1.54) is 0 Å². The zero-order valence-corrected chi connectivity index (χ0v) is 35.0. The summed E-state index contributed by atoms with van der Waals surface area (Å²) in [5, 5.41) is 8.78. The second kappa shape index (κ2) is 14.4. The van der Waals surface area contributed by atoms with Gasteiger partial charge in [-0.15, -0.1) is 0 Å². The van der Waals surface area contributed by atoms with Gasteiger partial charge in [-0.05, 0) is 146 Å². The lowest BCUT2D eigenvalue weighted by Gasteiger charge is -2.22. The minimum absolute atomic E-state index is 0.332. The normalized spacial score (nSPS) is 14.8. The summed E-state index contributed by atoms with van der Waals surface area (Å²) < 4.78 is 0. The van der Waals surface area contributed by atoms with E-state index in [9.17, 15) is 0 Å². The fraction of sp³-hybridized carbons (Fsp3) is 0.111. The number of nitrogens with zero attached hydrogens (tertiary/aromatic N) is 4. The minimum Gasteiger partial charge on any atom is -0.357 e. The number of aliphatic imine (C=N–C) groups is 4. The molecule has 4 aromatic heterocycles. The van der Waals surface area contributed by atoms with E-state index in [0.29, 0.717) is 0 Å². The molecule has 62 heavy (non-hydrogen) atoms. The van der Waals surface area contributed by atoms with Crippen molar-refractivity contribution in [1.82, 2.24) is 19.9 Å². The Morgan fingerprint density at radius 2 is 0.565 bits per heavy atom. The third-order valence-corrected chi connectivity index (χ3v) is 12.6. The molecule has 10 aromatic rings. The first-order valence-electron chi connectivity index (χ1n) is 21.0. The highest BCUT2D eigenvalue weighted by atomic mass is 14.9. The molecule has 0 spiro atoms. The summed E-state index contributed by atoms with van der Waals surface area (Å²) in [6, 6.07) is 50.9. The Balaban J connectivity index is 1.02. The molecule has 8 heteroatoms. The molecule has 11 rings (SSSR count). The number of hydrogen-bond donors (Lipinski definition) is 4. The lowest BCUT2D eigenvalue weighted by Crippen LogP contribution is -2.20. The van der Waals surface area contributed by atoms with Crippen LogP contribution >= 0.6 is 0 Å². The van der Waals surface area contributed by atoms with Gasteiger partial charge in [0.15, 0.2) is 0 Å². The molecule has 1 aliphatic rings. The lowest BCUT2D eigenvalue weighted by atomic mass is 9.86. The van der Waals surface area contributed by atoms with Crippen molar-refractivity contribution in [3.05, 3.63) is 191 Å². The number of rotatable bonds is 0. The number of aromatic amines is 4. The van der Waals surface area contributed by atoms with E-state index >= 15 is 0 Å². The zero-order valence-electron chi connectivity index (χ0n) is 35.0. The standard InChI is InChI=1S/C54H44N8/c1-53(2)49-21-17-37(59-49)29-55-45-13-5-9-33-25-35-11-7-15-47(43(35)27-41(33)45)57-31-39-19-23-51(61-39)54(3,4)52-24-20-40(62-52)32-58-48-16-8-12-36-26-34-10-6-14-46(42(34)28-44(36)48)56-30-38-18-22-50(53)60-38/h5-32,59-62H,1-4H3. The molecule has 1 aliphatic heterocycles. The predicted octanol–water partition coefficient (Wildman–Crippen LogP) is 13.6. The average molecular weight is 805 g/mol. The number of hydrogen-bond acceptors (Lipinski definition) is 4. The second-order valence-corrected chi connectivity index (χ2v) is 17.3. The summed E-state index contributed by atoms with van der Waals surface area (Å²) in [5.41, 5.74) is 11.0. The summed E-state index contributed by atoms with van der Waals surface area (Å²) in [7, 11) is 0. The summed E-state index contributed by atoms with van der Waals surface area (Å²) in [5.74, 6) is 0. The van der Waals surface area contributed by atoms with Crippen molar-refractivity contribution in [3.8, 4) is 0 Å². The van der Waals surface area contributed by atoms with Crippen LogP contribution < -0.4 is 0 Å². The van der Waals surface area contributed by atoms with E-state index in [4.69, 9.17) is 20.0 Å². The second-order valence-electron chi connectivity index (χ2n) is 17.3. The molecule has 0 atom stereocenters. The summed E-state index contributed by atoms with van der Waals surface area (Å²) >= 11 is 0. The predicted molar refractivity (Wildman–Crippen MR) is 259 cm³/mol. The summed E-state index contributed by atoms with van der Waals surface area (Å²) in [6.45, 7) is 8.87. The fourth-order valence-electron chi connectivity index (χ4n) is 8.74. The van der Waals surface area contributed by atoms with Crippen LogP contribution in [0, 0.1) is 0 Å². The van der Waals surface area contributed by atoms with Gasteiger partial charge in [-0.2, -0.15) is 0 Å². The molecule has 5 heterocycles. The fourth-order valence-corrected chi connectivity index (χ4v) is 8.74. The molecule has 8 nitrogen and oxygen atoms in total. The van der Waals surface area contributed by atoms with Crippen molar-refractivity contribution in [1.29, 1.82) is 0 Å².